The zero-order valence-electron chi connectivity index (χ0n) is 25.0. The fourth-order valence-corrected chi connectivity index (χ4v) is 5.36. The normalized spacial score (nSPS) is 22.1. The highest BCUT2D eigenvalue weighted by Crippen LogP contribution is 2.38. The molecule has 0 bridgehead atoms. The number of nitrogens with zero attached hydrogens (tertiary/aromatic N) is 1. The van der Waals surface area contributed by atoms with Crippen LogP contribution in [0, 0.1) is 5.92 Å². The molecule has 0 aliphatic carbocycles. The Morgan fingerprint density at radius 3 is 2.17 bits per heavy atom. The maximum atomic E-state index is 13.8. The zero-order chi connectivity index (χ0) is 29.5. The van der Waals surface area contributed by atoms with Gasteiger partial charge in [-0.25, -0.2) is 0 Å². The second-order valence-electron chi connectivity index (χ2n) is 12.3. The van der Waals surface area contributed by atoms with Crippen molar-refractivity contribution in [3.05, 3.63) is 35.9 Å². The minimum absolute atomic E-state index is 0.124. The van der Waals surface area contributed by atoms with Crippen molar-refractivity contribution in [2.75, 3.05) is 39.5 Å². The van der Waals surface area contributed by atoms with Crippen LogP contribution in [0.15, 0.2) is 30.3 Å². The van der Waals surface area contributed by atoms with Crippen molar-refractivity contribution in [1.29, 1.82) is 0 Å². The summed E-state index contributed by atoms with van der Waals surface area (Å²) in [6, 6.07) is 9.17. The van der Waals surface area contributed by atoms with E-state index in [-0.39, 0.29) is 24.2 Å². The molecule has 2 atom stereocenters. The summed E-state index contributed by atoms with van der Waals surface area (Å²) in [5.74, 6) is -1.53. The fraction of sp³-hybridized carbons (Fsp3) is 0.700. The summed E-state index contributed by atoms with van der Waals surface area (Å²) in [6.45, 7) is 10.8. The van der Waals surface area contributed by atoms with Crippen LogP contribution in [0.3, 0.4) is 0 Å². The van der Waals surface area contributed by atoms with Gasteiger partial charge in [0.05, 0.1) is 36.8 Å². The topological polar surface area (TPSA) is 115 Å². The molecule has 3 heterocycles. The number of hydrogen-bond donors (Lipinski definition) is 2. The largest absolute Gasteiger partial charge is 0.481 e. The van der Waals surface area contributed by atoms with Gasteiger partial charge in [-0.2, -0.15) is 0 Å². The molecule has 3 aliphatic heterocycles. The van der Waals surface area contributed by atoms with Gasteiger partial charge in [-0.05, 0) is 65.4 Å². The van der Waals surface area contributed by atoms with Gasteiger partial charge in [0.25, 0.3) is 0 Å². The molecule has 4 rings (SSSR count). The van der Waals surface area contributed by atoms with Crippen LogP contribution in [0.1, 0.15) is 65.4 Å². The van der Waals surface area contributed by atoms with E-state index in [0.717, 1.165) is 12.8 Å². The van der Waals surface area contributed by atoms with Gasteiger partial charge in [-0.15, -0.1) is 0 Å². The number of benzene rings is 1. The average molecular weight is 572 g/mol. The van der Waals surface area contributed by atoms with Crippen LogP contribution < -0.4 is 10.6 Å². The molecular formula is C30H46BN3O7. The van der Waals surface area contributed by atoms with Gasteiger partial charge >= 0.3 is 7.12 Å². The average Bonchev–Trinajstić information content (AvgIpc) is 3.19. The molecule has 1 aromatic carbocycles. The lowest BCUT2D eigenvalue weighted by Crippen LogP contribution is -2.56. The number of amides is 3. The van der Waals surface area contributed by atoms with Crippen LogP contribution in [-0.4, -0.2) is 92.4 Å². The molecule has 0 saturated carbocycles. The van der Waals surface area contributed by atoms with E-state index in [9.17, 15) is 14.4 Å². The van der Waals surface area contributed by atoms with Gasteiger partial charge in [-0.1, -0.05) is 30.3 Å². The van der Waals surface area contributed by atoms with Crippen LogP contribution in [0.25, 0.3) is 0 Å². The molecule has 226 valence electrons. The molecule has 0 radical (unpaired) electrons. The summed E-state index contributed by atoms with van der Waals surface area (Å²) in [5, 5.41) is 6.01. The first-order valence-electron chi connectivity index (χ1n) is 15.0. The van der Waals surface area contributed by atoms with E-state index >= 15 is 0 Å². The SMILES string of the molecule is CC1(C)OB([C@H](CCCc2ccccc2)NC(=O)C(CC(=O)N2CCOCC2)NC(=O)C2CCOCC2)OC1(C)C. The monoisotopic (exact) mass is 571 g/mol. The minimum atomic E-state index is -1.01. The molecule has 2 N–H and O–H groups in total. The number of aryl methyl sites for hydroxylation is 1. The van der Waals surface area contributed by atoms with Gasteiger partial charge in [0, 0.05) is 32.2 Å². The van der Waals surface area contributed by atoms with Gasteiger partial charge in [0.2, 0.25) is 17.7 Å². The fourth-order valence-electron chi connectivity index (χ4n) is 5.36. The molecule has 41 heavy (non-hydrogen) atoms. The number of rotatable bonds is 11. The maximum absolute atomic E-state index is 13.8. The lowest BCUT2D eigenvalue weighted by atomic mass is 9.75. The standard InChI is InChI=1S/C30H46BN3O7/c1-29(2)30(3,4)41-31(40-29)25(12-8-11-22-9-6-5-7-10-22)33-28(37)24(21-26(35)34-15-19-39-20-16-34)32-27(36)23-13-17-38-18-14-23/h5-7,9-10,23-25H,8,11-21H2,1-4H3,(H,32,36)(H,33,37)/t24?,25-/m0/s1. The summed E-state index contributed by atoms with van der Waals surface area (Å²) in [4.78, 5) is 41.9. The summed E-state index contributed by atoms with van der Waals surface area (Å²) in [7, 11) is -0.665. The first-order valence-corrected chi connectivity index (χ1v) is 15.0. The second kappa shape index (κ2) is 14.1. The van der Waals surface area contributed by atoms with Crippen LogP contribution in [-0.2, 0) is 39.6 Å². The Balaban J connectivity index is 1.48. The quantitative estimate of drug-likeness (QED) is 0.392. The predicted octanol–water partition coefficient (Wildman–Crippen LogP) is 2.29. The molecule has 0 spiro atoms. The highest BCUT2D eigenvalue weighted by atomic mass is 16.7. The van der Waals surface area contributed by atoms with Crippen LogP contribution in [0.4, 0.5) is 0 Å². The molecule has 3 amide bonds. The molecule has 1 aromatic rings. The number of ether oxygens (including phenoxy) is 2. The lowest BCUT2D eigenvalue weighted by molar-refractivity contribution is -0.140. The van der Waals surface area contributed by atoms with Crippen molar-refractivity contribution < 1.29 is 33.2 Å². The lowest BCUT2D eigenvalue weighted by Gasteiger charge is -2.32. The Labute approximate surface area is 244 Å². The first-order chi connectivity index (χ1) is 19.6. The van der Waals surface area contributed by atoms with E-state index in [1.165, 1.54) is 5.56 Å². The Morgan fingerprint density at radius 1 is 0.927 bits per heavy atom. The second-order valence-corrected chi connectivity index (χ2v) is 12.3. The van der Waals surface area contributed by atoms with Crippen molar-refractivity contribution in [3.63, 3.8) is 0 Å². The van der Waals surface area contributed by atoms with Crippen LogP contribution in [0.5, 0.6) is 0 Å². The predicted molar refractivity (Wildman–Crippen MR) is 155 cm³/mol. The van der Waals surface area contributed by atoms with Gasteiger partial charge < -0.3 is 34.3 Å². The number of carbonyl (C=O) groups is 3. The molecule has 3 fully saturated rings. The van der Waals surface area contributed by atoms with Crippen molar-refractivity contribution in [3.8, 4) is 0 Å². The van der Waals surface area contributed by atoms with Crippen molar-refractivity contribution in [1.82, 2.24) is 15.5 Å². The number of morpholine rings is 1. The van der Waals surface area contributed by atoms with Crippen molar-refractivity contribution >= 4 is 24.8 Å². The van der Waals surface area contributed by atoms with E-state index in [2.05, 4.69) is 22.8 Å². The molecule has 3 aliphatic rings. The van der Waals surface area contributed by atoms with Crippen LogP contribution in [0.2, 0.25) is 0 Å². The molecule has 3 saturated heterocycles. The number of nitrogens with one attached hydrogen (secondary N) is 2. The number of hydrogen-bond acceptors (Lipinski definition) is 7. The molecule has 0 aromatic heterocycles. The molecular weight excluding hydrogens is 525 g/mol. The third-order valence-corrected chi connectivity index (χ3v) is 8.72. The summed E-state index contributed by atoms with van der Waals surface area (Å²) in [6.07, 6.45) is 3.30. The smallest absolute Gasteiger partial charge is 0.402 e. The van der Waals surface area contributed by atoms with E-state index in [0.29, 0.717) is 58.8 Å². The summed E-state index contributed by atoms with van der Waals surface area (Å²) >= 11 is 0. The Kier molecular flexibility index (Phi) is 10.8. The highest BCUT2D eigenvalue weighted by molar-refractivity contribution is 6.48. The number of carbonyl (C=O) groups excluding carboxylic acids is 3. The molecule has 11 heteroatoms. The zero-order valence-corrected chi connectivity index (χ0v) is 25.0. The first kappa shape index (κ1) is 31.5. The third-order valence-electron chi connectivity index (χ3n) is 8.72. The molecule has 1 unspecified atom stereocenters. The van der Waals surface area contributed by atoms with E-state index in [4.69, 9.17) is 18.8 Å². The minimum Gasteiger partial charge on any atom is -0.402 e. The van der Waals surface area contributed by atoms with Crippen LogP contribution >= 0.6 is 0 Å². The van der Waals surface area contributed by atoms with E-state index in [1.807, 2.05) is 45.9 Å². The highest BCUT2D eigenvalue weighted by Gasteiger charge is 2.54. The Morgan fingerprint density at radius 2 is 1.54 bits per heavy atom. The van der Waals surface area contributed by atoms with Crippen molar-refractivity contribution in [2.45, 2.75) is 89.4 Å². The Hall–Kier alpha value is -2.47. The Bertz CT molecular complexity index is 978. The van der Waals surface area contributed by atoms with Gasteiger partial charge in [0.1, 0.15) is 6.04 Å². The van der Waals surface area contributed by atoms with Gasteiger partial charge in [-0.3, -0.25) is 14.4 Å². The third kappa shape index (κ3) is 8.53. The van der Waals surface area contributed by atoms with Crippen molar-refractivity contribution in [2.24, 2.45) is 5.92 Å². The molecule has 10 nitrogen and oxygen atoms in total. The van der Waals surface area contributed by atoms with Gasteiger partial charge in [0.15, 0.2) is 0 Å². The van der Waals surface area contributed by atoms with E-state index < -0.39 is 36.2 Å². The maximum Gasteiger partial charge on any atom is 0.481 e. The summed E-state index contributed by atoms with van der Waals surface area (Å²) in [5.41, 5.74) is 0.0794. The van der Waals surface area contributed by atoms with E-state index in [1.54, 1.807) is 4.90 Å². The summed E-state index contributed by atoms with van der Waals surface area (Å²) < 4.78 is 23.4.